The first-order valence-corrected chi connectivity index (χ1v) is 6.29. The summed E-state index contributed by atoms with van der Waals surface area (Å²) >= 11 is 0. The highest BCUT2D eigenvalue weighted by Crippen LogP contribution is 2.10. The Bertz CT molecular complexity index is 374. The number of carbonyl (C=O) groups is 1. The van der Waals surface area contributed by atoms with Crippen LogP contribution in [0.15, 0.2) is 24.3 Å². The van der Waals surface area contributed by atoms with Gasteiger partial charge in [0.25, 0.3) is 0 Å². The fourth-order valence-corrected chi connectivity index (χ4v) is 1.86. The molecule has 0 aliphatic rings. The Hall–Kier alpha value is -1.55. The van der Waals surface area contributed by atoms with Gasteiger partial charge in [-0.05, 0) is 38.0 Å². The van der Waals surface area contributed by atoms with E-state index in [-0.39, 0.29) is 18.6 Å². The lowest BCUT2D eigenvalue weighted by Gasteiger charge is -2.26. The molecule has 100 valence electrons. The molecular weight excluding hydrogens is 228 g/mol. The summed E-state index contributed by atoms with van der Waals surface area (Å²) in [6.07, 6.45) is 1.16. The summed E-state index contributed by atoms with van der Waals surface area (Å²) in [6, 6.07) is 7.68. The van der Waals surface area contributed by atoms with E-state index in [0.29, 0.717) is 19.4 Å². The molecule has 0 fully saturated rings. The van der Waals surface area contributed by atoms with E-state index in [1.54, 1.807) is 4.90 Å². The Balaban J connectivity index is 2.51. The van der Waals surface area contributed by atoms with E-state index in [2.05, 4.69) is 0 Å². The molecule has 0 spiro atoms. The number of aliphatic hydroxyl groups is 1. The Kier molecular flexibility index (Phi) is 5.65. The van der Waals surface area contributed by atoms with Crippen molar-refractivity contribution >= 4 is 11.6 Å². The van der Waals surface area contributed by atoms with Crippen LogP contribution in [0.2, 0.25) is 0 Å². The monoisotopic (exact) mass is 250 g/mol. The van der Waals surface area contributed by atoms with Crippen molar-refractivity contribution in [2.24, 2.45) is 0 Å². The zero-order chi connectivity index (χ0) is 13.5. The van der Waals surface area contributed by atoms with Crippen molar-refractivity contribution in [2.45, 2.75) is 32.7 Å². The zero-order valence-electron chi connectivity index (χ0n) is 11.1. The van der Waals surface area contributed by atoms with Crippen molar-refractivity contribution in [1.29, 1.82) is 0 Å². The normalized spacial score (nSPS) is 10.7. The lowest BCUT2D eigenvalue weighted by atomic mass is 10.1. The number of benzene rings is 1. The van der Waals surface area contributed by atoms with Gasteiger partial charge in [0.05, 0.1) is 6.61 Å². The largest absolute Gasteiger partial charge is 0.399 e. The van der Waals surface area contributed by atoms with Gasteiger partial charge in [-0.1, -0.05) is 12.1 Å². The van der Waals surface area contributed by atoms with Crippen LogP contribution in [0.3, 0.4) is 0 Å². The minimum Gasteiger partial charge on any atom is -0.399 e. The van der Waals surface area contributed by atoms with E-state index in [0.717, 1.165) is 11.3 Å². The first-order chi connectivity index (χ1) is 8.54. The Labute approximate surface area is 108 Å². The number of anilines is 1. The van der Waals surface area contributed by atoms with Crippen molar-refractivity contribution in [3.63, 3.8) is 0 Å². The molecule has 4 heteroatoms. The van der Waals surface area contributed by atoms with E-state index in [4.69, 9.17) is 10.8 Å². The molecule has 1 rings (SSSR count). The number of nitrogens with two attached hydrogens (primary N) is 1. The molecule has 0 aromatic heterocycles. The Morgan fingerprint density at radius 1 is 1.33 bits per heavy atom. The maximum absolute atomic E-state index is 12.0. The average Bonchev–Trinajstić information content (AvgIpc) is 2.34. The first-order valence-electron chi connectivity index (χ1n) is 6.29. The molecule has 1 aromatic carbocycles. The first kappa shape index (κ1) is 14.5. The van der Waals surface area contributed by atoms with Crippen LogP contribution < -0.4 is 5.73 Å². The van der Waals surface area contributed by atoms with Crippen molar-refractivity contribution in [3.05, 3.63) is 29.8 Å². The molecule has 0 aliphatic carbocycles. The lowest BCUT2D eigenvalue weighted by molar-refractivity contribution is -0.133. The SMILES string of the molecule is CC(C)N(CCO)C(=O)CCc1ccc(N)cc1. The van der Waals surface area contributed by atoms with E-state index < -0.39 is 0 Å². The highest BCUT2D eigenvalue weighted by Gasteiger charge is 2.15. The number of aryl methyl sites for hydroxylation is 1. The quantitative estimate of drug-likeness (QED) is 0.751. The average molecular weight is 250 g/mol. The minimum absolute atomic E-state index is 0.00574. The van der Waals surface area contributed by atoms with Gasteiger partial charge in [0.15, 0.2) is 0 Å². The summed E-state index contributed by atoms with van der Waals surface area (Å²) in [4.78, 5) is 13.7. The maximum atomic E-state index is 12.0. The summed E-state index contributed by atoms with van der Waals surface area (Å²) in [5.41, 5.74) is 7.44. The van der Waals surface area contributed by atoms with Crippen LogP contribution in [0.5, 0.6) is 0 Å². The van der Waals surface area contributed by atoms with Crippen LogP contribution >= 0.6 is 0 Å². The van der Waals surface area contributed by atoms with Crippen LogP contribution in [0.4, 0.5) is 5.69 Å². The van der Waals surface area contributed by atoms with Crippen molar-refractivity contribution in [2.75, 3.05) is 18.9 Å². The van der Waals surface area contributed by atoms with E-state index in [1.807, 2.05) is 38.1 Å². The second kappa shape index (κ2) is 7.01. The van der Waals surface area contributed by atoms with Gasteiger partial charge in [-0.2, -0.15) is 0 Å². The van der Waals surface area contributed by atoms with E-state index in [9.17, 15) is 4.79 Å². The van der Waals surface area contributed by atoms with E-state index >= 15 is 0 Å². The van der Waals surface area contributed by atoms with Crippen LogP contribution in [-0.2, 0) is 11.2 Å². The third-order valence-corrected chi connectivity index (χ3v) is 2.89. The Morgan fingerprint density at radius 2 is 1.94 bits per heavy atom. The molecule has 0 heterocycles. The summed E-state index contributed by atoms with van der Waals surface area (Å²) in [5, 5.41) is 8.94. The van der Waals surface area contributed by atoms with Crippen molar-refractivity contribution in [3.8, 4) is 0 Å². The summed E-state index contributed by atoms with van der Waals surface area (Å²) in [5.74, 6) is 0.0795. The molecule has 0 unspecified atom stereocenters. The molecule has 3 N–H and O–H groups in total. The lowest BCUT2D eigenvalue weighted by Crippen LogP contribution is -2.39. The van der Waals surface area contributed by atoms with Crippen molar-refractivity contribution < 1.29 is 9.90 Å². The molecule has 4 nitrogen and oxygen atoms in total. The highest BCUT2D eigenvalue weighted by molar-refractivity contribution is 5.76. The van der Waals surface area contributed by atoms with Crippen molar-refractivity contribution in [1.82, 2.24) is 4.90 Å². The summed E-state index contributed by atoms with van der Waals surface area (Å²) in [7, 11) is 0. The molecule has 0 saturated heterocycles. The van der Waals surface area contributed by atoms with Gasteiger partial charge in [-0.3, -0.25) is 4.79 Å². The molecule has 0 radical (unpaired) electrons. The van der Waals surface area contributed by atoms with Gasteiger partial charge in [-0.15, -0.1) is 0 Å². The second-order valence-corrected chi connectivity index (χ2v) is 4.65. The highest BCUT2D eigenvalue weighted by atomic mass is 16.3. The van der Waals surface area contributed by atoms with Gasteiger partial charge in [0.1, 0.15) is 0 Å². The second-order valence-electron chi connectivity index (χ2n) is 4.65. The number of nitrogen functional groups attached to an aromatic ring is 1. The molecule has 0 saturated carbocycles. The third-order valence-electron chi connectivity index (χ3n) is 2.89. The number of amides is 1. The fourth-order valence-electron chi connectivity index (χ4n) is 1.86. The van der Waals surface area contributed by atoms with Crippen LogP contribution in [-0.4, -0.2) is 35.1 Å². The van der Waals surface area contributed by atoms with Gasteiger partial charge in [0, 0.05) is 24.7 Å². The summed E-state index contributed by atoms with van der Waals surface area (Å²) in [6.45, 7) is 4.32. The Morgan fingerprint density at radius 3 is 2.44 bits per heavy atom. The van der Waals surface area contributed by atoms with Crippen LogP contribution in [0.1, 0.15) is 25.8 Å². The molecule has 1 amide bonds. The number of nitrogens with zero attached hydrogens (tertiary/aromatic N) is 1. The topological polar surface area (TPSA) is 66.6 Å². The number of hydrogen-bond acceptors (Lipinski definition) is 3. The maximum Gasteiger partial charge on any atom is 0.223 e. The predicted molar refractivity (Wildman–Crippen MR) is 73.1 cm³/mol. The molecule has 0 aliphatic heterocycles. The van der Waals surface area contributed by atoms with Gasteiger partial charge in [0.2, 0.25) is 5.91 Å². The number of carbonyl (C=O) groups excluding carboxylic acids is 1. The van der Waals surface area contributed by atoms with E-state index in [1.165, 1.54) is 0 Å². The number of hydrogen-bond donors (Lipinski definition) is 2. The number of rotatable bonds is 6. The standard InChI is InChI=1S/C14H22N2O2/c1-11(2)16(9-10-17)14(18)8-5-12-3-6-13(15)7-4-12/h3-4,6-7,11,17H,5,8-10,15H2,1-2H3. The molecule has 1 aromatic rings. The van der Waals surface area contributed by atoms with Gasteiger partial charge >= 0.3 is 0 Å². The van der Waals surface area contributed by atoms with Crippen LogP contribution in [0, 0.1) is 0 Å². The minimum atomic E-state index is 0.00574. The fraction of sp³-hybridized carbons (Fsp3) is 0.500. The molecule has 0 atom stereocenters. The smallest absolute Gasteiger partial charge is 0.223 e. The zero-order valence-corrected chi connectivity index (χ0v) is 11.1. The molecule has 0 bridgehead atoms. The van der Waals surface area contributed by atoms with Crippen LogP contribution in [0.25, 0.3) is 0 Å². The predicted octanol–water partition coefficient (Wildman–Crippen LogP) is 1.43. The third kappa shape index (κ3) is 4.37. The summed E-state index contributed by atoms with van der Waals surface area (Å²) < 4.78 is 0. The number of aliphatic hydroxyl groups excluding tert-OH is 1. The van der Waals surface area contributed by atoms with Gasteiger partial charge < -0.3 is 15.7 Å². The molecule has 18 heavy (non-hydrogen) atoms. The van der Waals surface area contributed by atoms with Gasteiger partial charge in [-0.25, -0.2) is 0 Å². The molecular formula is C14H22N2O2.